The van der Waals surface area contributed by atoms with Crippen LogP contribution in [0.4, 0.5) is 23.2 Å². The van der Waals surface area contributed by atoms with Crippen LogP contribution in [0.5, 0.6) is 5.75 Å². The minimum Gasteiger partial charge on any atom is -0.406 e. The molecule has 0 saturated heterocycles. The van der Waals surface area contributed by atoms with Crippen molar-refractivity contribution in [3.63, 3.8) is 0 Å². The molecule has 0 radical (unpaired) electrons. The number of halogens is 5. The Labute approximate surface area is 164 Å². The predicted molar refractivity (Wildman–Crippen MR) is 100 cm³/mol. The number of ether oxygens (including phenoxy) is 1. The Morgan fingerprint density at radius 2 is 1.93 bits per heavy atom. The fraction of sp³-hybridized carbons (Fsp3) is 0.368. The van der Waals surface area contributed by atoms with E-state index in [2.05, 4.69) is 4.74 Å². The molecule has 2 aromatic carbocycles. The Balaban J connectivity index is 1.92. The molecule has 2 aromatic rings. The number of rotatable bonds is 4. The molecule has 0 saturated carbocycles. The molecular formula is C19H18ClF4NOS. The summed E-state index contributed by atoms with van der Waals surface area (Å²) in [6.07, 6.45) is -2.96. The molecule has 1 aliphatic heterocycles. The van der Waals surface area contributed by atoms with Crippen molar-refractivity contribution in [1.29, 1.82) is 0 Å². The molecule has 0 amide bonds. The zero-order valence-electron chi connectivity index (χ0n) is 15.0. The highest BCUT2D eigenvalue weighted by Gasteiger charge is 2.37. The number of nitrogens with zero attached hydrogens (tertiary/aromatic N) is 1. The first-order valence-electron chi connectivity index (χ1n) is 8.17. The third-order valence-corrected chi connectivity index (χ3v) is 5.64. The maximum atomic E-state index is 14.1. The Morgan fingerprint density at radius 3 is 2.56 bits per heavy atom. The van der Waals surface area contributed by atoms with E-state index >= 15 is 0 Å². The standard InChI is InChI=1S/C19H18ClF4NOS/c1-18(2)10-25(9-11-6-15(21)17(27-3)8-14(11)20)16-5-4-12(7-13(16)18)26-19(22,23)24/h4-8H,9-10H2,1-3H3. The Kier molecular flexibility index (Phi) is 5.29. The molecule has 146 valence electrons. The molecule has 8 heteroatoms. The van der Waals surface area contributed by atoms with Gasteiger partial charge in [0.25, 0.3) is 0 Å². The third kappa shape index (κ3) is 4.29. The van der Waals surface area contributed by atoms with Gasteiger partial charge in [-0.05, 0) is 47.7 Å². The fourth-order valence-corrected chi connectivity index (χ4v) is 4.15. The normalized spacial score (nSPS) is 15.8. The summed E-state index contributed by atoms with van der Waals surface area (Å²) >= 11 is 7.58. The number of anilines is 1. The molecule has 3 rings (SSSR count). The van der Waals surface area contributed by atoms with Gasteiger partial charge in [-0.1, -0.05) is 25.4 Å². The summed E-state index contributed by atoms with van der Waals surface area (Å²) in [5.74, 6) is -0.584. The third-order valence-electron chi connectivity index (χ3n) is 4.54. The van der Waals surface area contributed by atoms with Crippen molar-refractivity contribution in [1.82, 2.24) is 0 Å². The smallest absolute Gasteiger partial charge is 0.406 e. The van der Waals surface area contributed by atoms with Crippen LogP contribution in [0.25, 0.3) is 0 Å². The molecule has 1 aliphatic rings. The van der Waals surface area contributed by atoms with E-state index in [4.69, 9.17) is 11.6 Å². The van der Waals surface area contributed by atoms with Crippen LogP contribution in [-0.2, 0) is 12.0 Å². The summed E-state index contributed by atoms with van der Waals surface area (Å²) in [6, 6.07) is 7.33. The van der Waals surface area contributed by atoms with E-state index in [-0.39, 0.29) is 17.0 Å². The van der Waals surface area contributed by atoms with Gasteiger partial charge in [-0.2, -0.15) is 0 Å². The van der Waals surface area contributed by atoms with E-state index in [0.717, 1.165) is 11.3 Å². The van der Waals surface area contributed by atoms with Gasteiger partial charge in [-0.15, -0.1) is 24.9 Å². The van der Waals surface area contributed by atoms with E-state index in [9.17, 15) is 17.6 Å². The van der Waals surface area contributed by atoms with E-state index in [1.54, 1.807) is 18.4 Å². The predicted octanol–water partition coefficient (Wildman–Crippen LogP) is 6.40. The molecule has 0 bridgehead atoms. The van der Waals surface area contributed by atoms with Crippen LogP contribution in [-0.4, -0.2) is 19.2 Å². The van der Waals surface area contributed by atoms with Crippen LogP contribution >= 0.6 is 23.4 Å². The summed E-state index contributed by atoms with van der Waals surface area (Å²) in [5, 5.41) is 0.462. The Morgan fingerprint density at radius 1 is 1.22 bits per heavy atom. The van der Waals surface area contributed by atoms with Crippen LogP contribution < -0.4 is 9.64 Å². The number of fused-ring (bicyclic) bond motifs is 1. The summed E-state index contributed by atoms with van der Waals surface area (Å²) < 4.78 is 55.7. The average Bonchev–Trinajstić information content (AvgIpc) is 2.79. The number of thioether (sulfide) groups is 1. The van der Waals surface area contributed by atoms with Crippen LogP contribution in [0, 0.1) is 5.82 Å². The van der Waals surface area contributed by atoms with Crippen molar-refractivity contribution < 1.29 is 22.3 Å². The highest BCUT2D eigenvalue weighted by Crippen LogP contribution is 2.44. The van der Waals surface area contributed by atoms with E-state index in [1.807, 2.05) is 18.7 Å². The number of benzene rings is 2. The summed E-state index contributed by atoms with van der Waals surface area (Å²) in [7, 11) is 0. The van der Waals surface area contributed by atoms with Crippen molar-refractivity contribution in [3.8, 4) is 5.75 Å². The zero-order valence-corrected chi connectivity index (χ0v) is 16.5. The van der Waals surface area contributed by atoms with Gasteiger partial charge in [0.2, 0.25) is 0 Å². The minimum atomic E-state index is -4.74. The first-order chi connectivity index (χ1) is 12.5. The van der Waals surface area contributed by atoms with Gasteiger partial charge >= 0.3 is 6.36 Å². The first-order valence-corrected chi connectivity index (χ1v) is 9.77. The summed E-state index contributed by atoms with van der Waals surface area (Å²) in [4.78, 5) is 2.46. The van der Waals surface area contributed by atoms with Gasteiger partial charge in [0, 0.05) is 34.1 Å². The van der Waals surface area contributed by atoms with Gasteiger partial charge < -0.3 is 9.64 Å². The topological polar surface area (TPSA) is 12.5 Å². The molecule has 2 nitrogen and oxygen atoms in total. The highest BCUT2D eigenvalue weighted by molar-refractivity contribution is 7.98. The molecule has 0 spiro atoms. The lowest BCUT2D eigenvalue weighted by atomic mass is 9.87. The maximum Gasteiger partial charge on any atom is 0.573 e. The molecule has 0 aromatic heterocycles. The fourth-order valence-electron chi connectivity index (χ4n) is 3.37. The van der Waals surface area contributed by atoms with E-state index < -0.39 is 6.36 Å². The lowest BCUT2D eigenvalue weighted by Gasteiger charge is -2.23. The summed E-state index contributed by atoms with van der Waals surface area (Å²) in [5.41, 5.74) is 1.79. The van der Waals surface area contributed by atoms with Crippen molar-refractivity contribution in [2.75, 3.05) is 17.7 Å². The molecule has 0 N–H and O–H groups in total. The lowest BCUT2D eigenvalue weighted by Crippen LogP contribution is -2.28. The Hall–Kier alpha value is -1.60. The van der Waals surface area contributed by atoms with Crippen molar-refractivity contribution >= 4 is 29.1 Å². The van der Waals surface area contributed by atoms with E-state index in [1.165, 1.54) is 30.0 Å². The quantitative estimate of drug-likeness (QED) is 0.420. The van der Waals surface area contributed by atoms with Crippen LogP contribution in [0.1, 0.15) is 25.0 Å². The molecule has 0 fully saturated rings. The molecule has 27 heavy (non-hydrogen) atoms. The van der Waals surface area contributed by atoms with Gasteiger partial charge in [-0.25, -0.2) is 4.39 Å². The van der Waals surface area contributed by atoms with Gasteiger partial charge in [0.1, 0.15) is 11.6 Å². The molecule has 0 aliphatic carbocycles. The zero-order chi connectivity index (χ0) is 20.0. The minimum absolute atomic E-state index is 0.246. The molecule has 0 unspecified atom stereocenters. The second-order valence-electron chi connectivity index (χ2n) is 7.04. The number of hydrogen-bond acceptors (Lipinski definition) is 3. The van der Waals surface area contributed by atoms with Gasteiger partial charge in [-0.3, -0.25) is 0 Å². The lowest BCUT2D eigenvalue weighted by molar-refractivity contribution is -0.274. The maximum absolute atomic E-state index is 14.1. The second-order valence-corrected chi connectivity index (χ2v) is 8.30. The van der Waals surface area contributed by atoms with Crippen molar-refractivity contribution in [2.24, 2.45) is 0 Å². The highest BCUT2D eigenvalue weighted by atomic mass is 35.5. The SMILES string of the molecule is CSc1cc(Cl)c(CN2CC(C)(C)c3cc(OC(F)(F)F)ccc32)cc1F. The van der Waals surface area contributed by atoms with E-state index in [0.29, 0.717) is 28.6 Å². The van der Waals surface area contributed by atoms with Gasteiger partial charge in [0.15, 0.2) is 0 Å². The van der Waals surface area contributed by atoms with Crippen molar-refractivity contribution in [2.45, 2.75) is 37.1 Å². The monoisotopic (exact) mass is 419 g/mol. The second kappa shape index (κ2) is 7.09. The van der Waals surface area contributed by atoms with Crippen molar-refractivity contribution in [3.05, 3.63) is 52.3 Å². The van der Waals surface area contributed by atoms with Gasteiger partial charge in [0.05, 0.1) is 0 Å². The average molecular weight is 420 g/mol. The Bertz CT molecular complexity index is 870. The summed E-state index contributed by atoms with van der Waals surface area (Å²) in [6.45, 7) is 4.82. The number of alkyl halides is 3. The van der Waals surface area contributed by atoms with Crippen LogP contribution in [0.2, 0.25) is 5.02 Å². The largest absolute Gasteiger partial charge is 0.573 e. The molecule has 1 heterocycles. The molecular weight excluding hydrogens is 402 g/mol. The molecule has 0 atom stereocenters. The van der Waals surface area contributed by atoms with Crippen LogP contribution in [0.15, 0.2) is 35.2 Å². The van der Waals surface area contributed by atoms with Crippen LogP contribution in [0.3, 0.4) is 0 Å². The number of hydrogen-bond donors (Lipinski definition) is 0. The first kappa shape index (κ1) is 20.1.